The zero-order valence-corrected chi connectivity index (χ0v) is 12.5. The van der Waals surface area contributed by atoms with Crippen molar-refractivity contribution >= 4 is 29.0 Å². The summed E-state index contributed by atoms with van der Waals surface area (Å²) < 4.78 is 16.4. The van der Waals surface area contributed by atoms with Crippen LogP contribution in [-0.4, -0.2) is 18.4 Å². The van der Waals surface area contributed by atoms with Crippen molar-refractivity contribution in [2.24, 2.45) is 0 Å². The van der Waals surface area contributed by atoms with Gasteiger partial charge >= 0.3 is 0 Å². The van der Waals surface area contributed by atoms with E-state index in [1.165, 1.54) is 7.11 Å². The third-order valence-corrected chi connectivity index (χ3v) is 3.30. The van der Waals surface area contributed by atoms with Crippen molar-refractivity contribution in [3.8, 4) is 11.5 Å². The normalized spacial score (nSPS) is 10.6. The van der Waals surface area contributed by atoms with Gasteiger partial charge in [-0.1, -0.05) is 11.6 Å². The van der Waals surface area contributed by atoms with Gasteiger partial charge in [-0.25, -0.2) is 4.98 Å². The molecule has 0 aliphatic rings. The fourth-order valence-corrected chi connectivity index (χ4v) is 2.19. The number of ether oxygens (including phenoxy) is 2. The Morgan fingerprint density at radius 3 is 2.86 bits per heavy atom. The van der Waals surface area contributed by atoms with Crippen LogP contribution < -0.4 is 9.47 Å². The SMILES string of the molecule is COc1cc(C=O)ccc1OCc1nc2cc(Cl)ccc2o1. The van der Waals surface area contributed by atoms with Crippen LogP contribution in [0.2, 0.25) is 5.02 Å². The molecule has 112 valence electrons. The number of oxazole rings is 1. The van der Waals surface area contributed by atoms with Crippen LogP contribution in [-0.2, 0) is 6.61 Å². The fraction of sp³-hybridized carbons (Fsp3) is 0.125. The van der Waals surface area contributed by atoms with E-state index in [4.69, 9.17) is 25.5 Å². The van der Waals surface area contributed by atoms with Crippen LogP contribution in [0.4, 0.5) is 0 Å². The molecule has 1 heterocycles. The number of fused-ring (bicyclic) bond motifs is 1. The lowest BCUT2D eigenvalue weighted by molar-refractivity contribution is 0.112. The number of benzene rings is 2. The Morgan fingerprint density at radius 1 is 1.23 bits per heavy atom. The van der Waals surface area contributed by atoms with Crippen molar-refractivity contribution in [2.45, 2.75) is 6.61 Å². The highest BCUT2D eigenvalue weighted by atomic mass is 35.5. The van der Waals surface area contributed by atoms with Crippen molar-refractivity contribution in [1.29, 1.82) is 0 Å². The number of hydrogen-bond donors (Lipinski definition) is 0. The van der Waals surface area contributed by atoms with Gasteiger partial charge in [0.05, 0.1) is 7.11 Å². The molecule has 0 aliphatic heterocycles. The van der Waals surface area contributed by atoms with Crippen LogP contribution in [0.3, 0.4) is 0 Å². The number of nitrogens with zero attached hydrogens (tertiary/aromatic N) is 1. The largest absolute Gasteiger partial charge is 0.493 e. The highest BCUT2D eigenvalue weighted by Gasteiger charge is 2.10. The molecule has 6 heteroatoms. The van der Waals surface area contributed by atoms with Crippen LogP contribution in [0.5, 0.6) is 11.5 Å². The van der Waals surface area contributed by atoms with E-state index in [-0.39, 0.29) is 6.61 Å². The van der Waals surface area contributed by atoms with Crippen LogP contribution >= 0.6 is 11.6 Å². The summed E-state index contributed by atoms with van der Waals surface area (Å²) in [5, 5.41) is 0.597. The number of carbonyl (C=O) groups is 1. The number of aromatic nitrogens is 1. The Hall–Kier alpha value is -2.53. The van der Waals surface area contributed by atoms with Gasteiger partial charge in [-0.3, -0.25) is 4.79 Å². The van der Waals surface area contributed by atoms with E-state index in [1.54, 1.807) is 36.4 Å². The lowest BCUT2D eigenvalue weighted by atomic mass is 10.2. The average molecular weight is 318 g/mol. The fourth-order valence-electron chi connectivity index (χ4n) is 2.03. The van der Waals surface area contributed by atoms with E-state index >= 15 is 0 Å². The molecular weight excluding hydrogens is 306 g/mol. The molecule has 2 aromatic carbocycles. The second kappa shape index (κ2) is 6.07. The first kappa shape index (κ1) is 14.4. The molecule has 0 saturated carbocycles. The molecule has 0 radical (unpaired) electrons. The third-order valence-electron chi connectivity index (χ3n) is 3.07. The van der Waals surface area contributed by atoms with Crippen molar-refractivity contribution in [1.82, 2.24) is 4.98 Å². The minimum Gasteiger partial charge on any atom is -0.493 e. The molecule has 0 atom stereocenters. The van der Waals surface area contributed by atoms with Gasteiger partial charge in [-0.2, -0.15) is 0 Å². The molecule has 0 N–H and O–H groups in total. The Labute approximate surface area is 131 Å². The second-order valence-corrected chi connectivity index (χ2v) is 4.97. The molecule has 0 unspecified atom stereocenters. The summed E-state index contributed by atoms with van der Waals surface area (Å²) in [5.74, 6) is 1.41. The molecule has 1 aromatic heterocycles. The van der Waals surface area contributed by atoms with Crippen LogP contribution in [0.25, 0.3) is 11.1 Å². The molecule has 0 amide bonds. The lowest BCUT2D eigenvalue weighted by Gasteiger charge is -2.09. The Bertz CT molecular complexity index is 828. The molecule has 0 saturated heterocycles. The van der Waals surface area contributed by atoms with E-state index in [0.29, 0.717) is 39.1 Å². The molecule has 0 fully saturated rings. The first-order valence-corrected chi connectivity index (χ1v) is 6.88. The zero-order valence-electron chi connectivity index (χ0n) is 11.7. The maximum atomic E-state index is 10.8. The summed E-state index contributed by atoms with van der Waals surface area (Å²) in [5.41, 5.74) is 1.83. The van der Waals surface area contributed by atoms with Gasteiger partial charge in [0.2, 0.25) is 5.89 Å². The smallest absolute Gasteiger partial charge is 0.233 e. The Kier molecular flexibility index (Phi) is 3.98. The molecule has 3 aromatic rings. The maximum Gasteiger partial charge on any atom is 0.233 e. The third kappa shape index (κ3) is 2.89. The molecule has 22 heavy (non-hydrogen) atoms. The lowest BCUT2D eigenvalue weighted by Crippen LogP contribution is -1.98. The van der Waals surface area contributed by atoms with E-state index in [2.05, 4.69) is 4.98 Å². The van der Waals surface area contributed by atoms with E-state index in [1.807, 2.05) is 0 Å². The van der Waals surface area contributed by atoms with Crippen molar-refractivity contribution in [3.63, 3.8) is 0 Å². The molecule has 3 rings (SSSR count). The number of carbonyl (C=O) groups excluding carboxylic acids is 1. The van der Waals surface area contributed by atoms with Crippen molar-refractivity contribution < 1.29 is 18.7 Å². The van der Waals surface area contributed by atoms with Gasteiger partial charge in [0.1, 0.15) is 11.8 Å². The number of halogens is 1. The topological polar surface area (TPSA) is 61.6 Å². The summed E-state index contributed by atoms with van der Waals surface area (Å²) in [6.07, 6.45) is 0.747. The number of aldehydes is 1. The van der Waals surface area contributed by atoms with Gasteiger partial charge in [0, 0.05) is 10.6 Å². The monoisotopic (exact) mass is 317 g/mol. The Balaban J connectivity index is 1.80. The van der Waals surface area contributed by atoms with Crippen LogP contribution in [0, 0.1) is 0 Å². The van der Waals surface area contributed by atoms with Crippen molar-refractivity contribution in [3.05, 3.63) is 52.9 Å². The number of methoxy groups -OCH3 is 1. The predicted molar refractivity (Wildman–Crippen MR) is 81.7 cm³/mol. The minimum absolute atomic E-state index is 0.142. The zero-order chi connectivity index (χ0) is 15.5. The summed E-state index contributed by atoms with van der Waals surface area (Å²) in [6, 6.07) is 10.1. The minimum atomic E-state index is 0.142. The average Bonchev–Trinajstić information content (AvgIpc) is 2.94. The first-order chi connectivity index (χ1) is 10.7. The quantitative estimate of drug-likeness (QED) is 0.668. The van der Waals surface area contributed by atoms with Gasteiger partial charge in [0.15, 0.2) is 23.7 Å². The van der Waals surface area contributed by atoms with Gasteiger partial charge in [0.25, 0.3) is 0 Å². The summed E-state index contributed by atoms with van der Waals surface area (Å²) >= 11 is 5.91. The van der Waals surface area contributed by atoms with E-state index in [0.717, 1.165) is 6.29 Å². The molecule has 5 nitrogen and oxygen atoms in total. The molecule has 0 bridgehead atoms. The summed E-state index contributed by atoms with van der Waals surface area (Å²) in [6.45, 7) is 0.142. The molecule has 0 aliphatic carbocycles. The van der Waals surface area contributed by atoms with Gasteiger partial charge in [-0.15, -0.1) is 0 Å². The van der Waals surface area contributed by atoms with Gasteiger partial charge in [-0.05, 0) is 36.4 Å². The van der Waals surface area contributed by atoms with Gasteiger partial charge < -0.3 is 13.9 Å². The van der Waals surface area contributed by atoms with Crippen LogP contribution in [0.15, 0.2) is 40.8 Å². The number of rotatable bonds is 5. The number of hydrogen-bond acceptors (Lipinski definition) is 5. The standard InChI is InChI=1S/C16H12ClNO4/c1-20-15-6-10(8-19)2-4-14(15)21-9-16-18-12-7-11(17)3-5-13(12)22-16/h2-8H,9H2,1H3. The van der Waals surface area contributed by atoms with E-state index < -0.39 is 0 Å². The highest BCUT2D eigenvalue weighted by molar-refractivity contribution is 6.31. The predicted octanol–water partition coefficient (Wildman–Crippen LogP) is 3.88. The maximum absolute atomic E-state index is 10.8. The summed E-state index contributed by atoms with van der Waals surface area (Å²) in [4.78, 5) is 15.1. The summed E-state index contributed by atoms with van der Waals surface area (Å²) in [7, 11) is 1.51. The van der Waals surface area contributed by atoms with Crippen LogP contribution in [0.1, 0.15) is 16.2 Å². The molecule has 0 spiro atoms. The Morgan fingerprint density at radius 2 is 2.09 bits per heavy atom. The van der Waals surface area contributed by atoms with Crippen molar-refractivity contribution in [2.75, 3.05) is 7.11 Å². The van der Waals surface area contributed by atoms with E-state index in [9.17, 15) is 4.79 Å². The second-order valence-electron chi connectivity index (χ2n) is 4.54. The molecular formula is C16H12ClNO4. The highest BCUT2D eigenvalue weighted by Crippen LogP contribution is 2.28. The first-order valence-electron chi connectivity index (χ1n) is 6.50.